The van der Waals surface area contributed by atoms with Crippen LogP contribution in [0.15, 0.2) is 42.2 Å². The SMILES string of the molecule is COc1ccc2nccc(NC(=O)C3CCC(NCc4cnc5scnc5c4)CC3)c2n1.O=C(O)C(=O)O. The fourth-order valence-electron chi connectivity index (χ4n) is 4.17. The summed E-state index contributed by atoms with van der Waals surface area (Å²) in [5.74, 6) is -3.12. The van der Waals surface area contributed by atoms with E-state index < -0.39 is 11.9 Å². The van der Waals surface area contributed by atoms with Gasteiger partial charge in [0.2, 0.25) is 11.8 Å². The number of nitrogens with zero attached hydrogens (tertiary/aromatic N) is 4. The van der Waals surface area contributed by atoms with Crippen molar-refractivity contribution in [3.8, 4) is 5.88 Å². The van der Waals surface area contributed by atoms with Gasteiger partial charge in [-0.1, -0.05) is 0 Å². The number of pyridine rings is 3. The summed E-state index contributed by atoms with van der Waals surface area (Å²) in [5, 5.41) is 21.5. The Morgan fingerprint density at radius 2 is 1.79 bits per heavy atom. The van der Waals surface area contributed by atoms with E-state index in [0.717, 1.165) is 53.7 Å². The van der Waals surface area contributed by atoms with Crippen molar-refractivity contribution in [3.05, 3.63) is 47.7 Å². The van der Waals surface area contributed by atoms with Gasteiger partial charge in [-0.25, -0.2) is 24.5 Å². The van der Waals surface area contributed by atoms with Crippen LogP contribution in [0.25, 0.3) is 21.4 Å². The number of nitrogens with one attached hydrogen (secondary N) is 2. The minimum absolute atomic E-state index is 0.00473. The summed E-state index contributed by atoms with van der Waals surface area (Å²) in [6.45, 7) is 0.762. The minimum Gasteiger partial charge on any atom is -0.481 e. The Morgan fingerprint density at radius 3 is 2.50 bits per heavy atom. The molecule has 198 valence electrons. The Morgan fingerprint density at radius 1 is 1.03 bits per heavy atom. The number of carboxylic acids is 2. The molecule has 0 radical (unpaired) electrons. The van der Waals surface area contributed by atoms with E-state index in [9.17, 15) is 4.79 Å². The van der Waals surface area contributed by atoms with Crippen LogP contribution in [0, 0.1) is 5.92 Å². The fourth-order valence-corrected chi connectivity index (χ4v) is 4.79. The molecule has 1 aliphatic carbocycles. The molecule has 1 aliphatic rings. The van der Waals surface area contributed by atoms with Crippen LogP contribution in [0.3, 0.4) is 0 Å². The van der Waals surface area contributed by atoms with E-state index in [0.29, 0.717) is 23.1 Å². The average Bonchev–Trinajstić information content (AvgIpc) is 3.40. The summed E-state index contributed by atoms with van der Waals surface area (Å²) >= 11 is 1.55. The number of ether oxygens (including phenoxy) is 1. The van der Waals surface area contributed by atoms with E-state index in [2.05, 4.69) is 36.6 Å². The Hall–Kier alpha value is -4.23. The highest BCUT2D eigenvalue weighted by molar-refractivity contribution is 7.16. The van der Waals surface area contributed by atoms with Crippen LogP contribution >= 0.6 is 11.3 Å². The molecule has 4 aromatic rings. The molecule has 1 amide bonds. The first kappa shape index (κ1) is 26.8. The van der Waals surface area contributed by atoms with Crippen LogP contribution in [-0.4, -0.2) is 61.1 Å². The zero-order chi connectivity index (χ0) is 27.1. The van der Waals surface area contributed by atoms with Crippen LogP contribution in [0.4, 0.5) is 5.69 Å². The Labute approximate surface area is 221 Å². The van der Waals surface area contributed by atoms with Crippen molar-refractivity contribution in [1.82, 2.24) is 25.3 Å². The highest BCUT2D eigenvalue weighted by Crippen LogP contribution is 2.28. The van der Waals surface area contributed by atoms with Crippen molar-refractivity contribution in [2.45, 2.75) is 38.3 Å². The van der Waals surface area contributed by atoms with Crippen LogP contribution in [0.1, 0.15) is 31.2 Å². The highest BCUT2D eigenvalue weighted by atomic mass is 32.1. The van der Waals surface area contributed by atoms with Crippen molar-refractivity contribution < 1.29 is 29.3 Å². The Kier molecular flexibility index (Phi) is 8.71. The van der Waals surface area contributed by atoms with E-state index in [4.69, 9.17) is 24.5 Å². The topological polar surface area (TPSA) is 177 Å². The smallest absolute Gasteiger partial charge is 0.414 e. The van der Waals surface area contributed by atoms with Gasteiger partial charge in [0.05, 0.1) is 23.8 Å². The molecule has 0 atom stereocenters. The van der Waals surface area contributed by atoms with Crippen molar-refractivity contribution in [2.75, 3.05) is 12.4 Å². The van der Waals surface area contributed by atoms with Crippen LogP contribution in [-0.2, 0) is 20.9 Å². The zero-order valence-corrected chi connectivity index (χ0v) is 21.3. The van der Waals surface area contributed by atoms with Crippen molar-refractivity contribution in [3.63, 3.8) is 0 Å². The molecule has 0 spiro atoms. The molecule has 4 heterocycles. The summed E-state index contributed by atoms with van der Waals surface area (Å²) in [6, 6.07) is 7.88. The molecule has 4 aromatic heterocycles. The first-order valence-corrected chi connectivity index (χ1v) is 12.7. The lowest BCUT2D eigenvalue weighted by Crippen LogP contribution is -2.36. The number of hydrogen-bond donors (Lipinski definition) is 4. The van der Waals surface area contributed by atoms with Crippen LogP contribution in [0.5, 0.6) is 5.88 Å². The molecule has 38 heavy (non-hydrogen) atoms. The van der Waals surface area contributed by atoms with E-state index in [1.165, 1.54) is 0 Å². The minimum atomic E-state index is -1.82. The predicted molar refractivity (Wildman–Crippen MR) is 140 cm³/mol. The molecule has 0 aliphatic heterocycles. The maximum Gasteiger partial charge on any atom is 0.414 e. The number of carboxylic acid groups (broad SMARTS) is 2. The molecule has 0 unspecified atom stereocenters. The molecule has 0 saturated heterocycles. The summed E-state index contributed by atoms with van der Waals surface area (Å²) in [6.07, 6.45) is 7.24. The summed E-state index contributed by atoms with van der Waals surface area (Å²) in [7, 11) is 1.57. The van der Waals surface area contributed by atoms with Crippen LogP contribution in [0.2, 0.25) is 0 Å². The number of aliphatic carboxylic acids is 2. The lowest BCUT2D eigenvalue weighted by molar-refractivity contribution is -0.159. The highest BCUT2D eigenvalue weighted by Gasteiger charge is 2.26. The number of thiazole rings is 1. The molecular weight excluding hydrogens is 512 g/mol. The summed E-state index contributed by atoms with van der Waals surface area (Å²) < 4.78 is 5.22. The first-order chi connectivity index (χ1) is 18.3. The number of hydrogen-bond acceptors (Lipinski definition) is 10. The molecule has 0 bridgehead atoms. The number of amides is 1. The number of aromatic nitrogens is 4. The van der Waals surface area contributed by atoms with E-state index in [1.54, 1.807) is 36.8 Å². The third kappa shape index (κ3) is 6.75. The zero-order valence-electron chi connectivity index (χ0n) is 20.5. The molecular formula is C25H26N6O6S. The fraction of sp³-hybridized carbons (Fsp3) is 0.320. The van der Waals surface area contributed by atoms with Crippen molar-refractivity contribution >= 4 is 56.3 Å². The largest absolute Gasteiger partial charge is 0.481 e. The van der Waals surface area contributed by atoms with Gasteiger partial charge >= 0.3 is 11.9 Å². The van der Waals surface area contributed by atoms with Gasteiger partial charge < -0.3 is 25.6 Å². The molecule has 0 aromatic carbocycles. The van der Waals surface area contributed by atoms with Gasteiger partial charge in [0, 0.05) is 37.0 Å². The van der Waals surface area contributed by atoms with Gasteiger partial charge in [-0.05, 0) is 49.4 Å². The standard InChI is InChI=1S/C23H24N6O2S.C2H2O4/c1-31-20-7-6-17-21(29-20)18(8-9-24-17)28-22(30)15-2-4-16(5-3-15)25-11-14-10-19-23(26-12-14)32-13-27-19;3-1(4)2(5)6/h6-10,12-13,15-16,25H,2-5,11H2,1H3,(H,24,28,30);(H,3,4)(H,5,6). The molecule has 13 heteroatoms. The molecule has 5 rings (SSSR count). The third-order valence-electron chi connectivity index (χ3n) is 6.15. The van der Waals surface area contributed by atoms with E-state index in [1.807, 2.05) is 17.8 Å². The second-order valence-corrected chi connectivity index (χ2v) is 9.46. The molecule has 1 fully saturated rings. The number of carbonyl (C=O) groups is 3. The average molecular weight is 539 g/mol. The Bertz CT molecular complexity index is 1440. The summed E-state index contributed by atoms with van der Waals surface area (Å²) in [5.41, 5.74) is 5.94. The number of anilines is 1. The molecule has 4 N–H and O–H groups in total. The quantitative estimate of drug-likeness (QED) is 0.265. The summed E-state index contributed by atoms with van der Waals surface area (Å²) in [4.78, 5) is 49.7. The number of carbonyl (C=O) groups excluding carboxylic acids is 1. The van der Waals surface area contributed by atoms with Crippen molar-refractivity contribution in [2.24, 2.45) is 5.92 Å². The van der Waals surface area contributed by atoms with Crippen LogP contribution < -0.4 is 15.4 Å². The Balaban J connectivity index is 0.000000505. The van der Waals surface area contributed by atoms with Gasteiger partial charge in [-0.2, -0.15) is 0 Å². The number of fused-ring (bicyclic) bond motifs is 2. The lowest BCUT2D eigenvalue weighted by atomic mass is 9.85. The van der Waals surface area contributed by atoms with E-state index >= 15 is 0 Å². The van der Waals surface area contributed by atoms with Crippen molar-refractivity contribution in [1.29, 1.82) is 0 Å². The first-order valence-electron chi connectivity index (χ1n) is 11.8. The monoisotopic (exact) mass is 538 g/mol. The van der Waals surface area contributed by atoms with Gasteiger partial charge in [0.25, 0.3) is 0 Å². The second kappa shape index (κ2) is 12.3. The van der Waals surface area contributed by atoms with E-state index in [-0.39, 0.29) is 11.8 Å². The van der Waals surface area contributed by atoms with Gasteiger partial charge in [0.15, 0.2) is 0 Å². The normalized spacial score (nSPS) is 16.9. The maximum absolute atomic E-state index is 12.9. The number of methoxy groups -OCH3 is 1. The lowest BCUT2D eigenvalue weighted by Gasteiger charge is -2.28. The number of rotatable bonds is 6. The van der Waals surface area contributed by atoms with Gasteiger partial charge in [-0.15, -0.1) is 11.3 Å². The maximum atomic E-state index is 12.9. The molecule has 1 saturated carbocycles. The predicted octanol–water partition coefficient (Wildman–Crippen LogP) is 3.09. The van der Waals surface area contributed by atoms with Gasteiger partial charge in [-0.3, -0.25) is 9.78 Å². The van der Waals surface area contributed by atoms with Gasteiger partial charge in [0.1, 0.15) is 15.9 Å². The molecule has 12 nitrogen and oxygen atoms in total. The third-order valence-corrected chi connectivity index (χ3v) is 6.89. The second-order valence-electron chi connectivity index (χ2n) is 8.63.